The summed E-state index contributed by atoms with van der Waals surface area (Å²) in [5, 5.41) is 3.18. The van der Waals surface area contributed by atoms with E-state index in [1.807, 2.05) is 13.8 Å². The van der Waals surface area contributed by atoms with Gasteiger partial charge in [0.15, 0.2) is 0 Å². The Bertz CT molecular complexity index is 518. The predicted octanol–water partition coefficient (Wildman–Crippen LogP) is 2.74. The molecule has 1 aliphatic rings. The smallest absolute Gasteiger partial charge is 0.242 e. The minimum Gasteiger partial charge on any atom is -0.375 e. The monoisotopic (exact) mass is 394 g/mol. The molecular weight excluding hydrogens is 375 g/mol. The topological polar surface area (TPSA) is 41.6 Å². The van der Waals surface area contributed by atoms with E-state index in [9.17, 15) is 9.18 Å². The van der Waals surface area contributed by atoms with Gasteiger partial charge in [0.25, 0.3) is 0 Å². The van der Waals surface area contributed by atoms with Crippen LogP contribution in [0.4, 0.5) is 4.39 Å². The molecular formula is C15H21BrClFN2O2. The van der Waals surface area contributed by atoms with Crippen LogP contribution in [0.25, 0.3) is 0 Å². The fourth-order valence-corrected chi connectivity index (χ4v) is 2.83. The number of ether oxygens (including phenoxy) is 1. The molecule has 1 N–H and O–H groups in total. The molecule has 4 nitrogen and oxygen atoms in total. The second kappa shape index (κ2) is 8.82. The quantitative estimate of drug-likeness (QED) is 0.852. The van der Waals surface area contributed by atoms with Gasteiger partial charge in [0.2, 0.25) is 5.91 Å². The van der Waals surface area contributed by atoms with Gasteiger partial charge in [-0.25, -0.2) is 4.39 Å². The van der Waals surface area contributed by atoms with E-state index in [0.29, 0.717) is 25.3 Å². The van der Waals surface area contributed by atoms with E-state index in [0.717, 1.165) is 4.47 Å². The Morgan fingerprint density at radius 2 is 2.27 bits per heavy atom. The minimum absolute atomic E-state index is 0. The summed E-state index contributed by atoms with van der Waals surface area (Å²) in [6, 6.07) is 4.39. The third-order valence-electron chi connectivity index (χ3n) is 3.64. The van der Waals surface area contributed by atoms with E-state index >= 15 is 0 Å². The highest BCUT2D eigenvalue weighted by Crippen LogP contribution is 2.18. The summed E-state index contributed by atoms with van der Waals surface area (Å²) in [6.07, 6.45) is -0.173. The number of hydrogen-bond donors (Lipinski definition) is 1. The third-order valence-corrected chi connectivity index (χ3v) is 4.14. The molecule has 0 unspecified atom stereocenters. The zero-order chi connectivity index (χ0) is 15.4. The fraction of sp³-hybridized carbons (Fsp3) is 0.533. The number of carbonyl (C=O) groups is 1. The highest BCUT2D eigenvalue weighted by Gasteiger charge is 2.31. The van der Waals surface area contributed by atoms with Crippen molar-refractivity contribution in [3.05, 3.63) is 34.1 Å². The molecule has 0 radical (unpaired) electrons. The van der Waals surface area contributed by atoms with Gasteiger partial charge in [0.05, 0.1) is 12.7 Å². The van der Waals surface area contributed by atoms with Crippen molar-refractivity contribution < 1.29 is 13.9 Å². The zero-order valence-electron chi connectivity index (χ0n) is 12.6. The first-order valence-corrected chi connectivity index (χ1v) is 7.90. The second-order valence-electron chi connectivity index (χ2n) is 5.10. The number of morpholine rings is 1. The molecule has 0 spiro atoms. The van der Waals surface area contributed by atoms with E-state index < -0.39 is 0 Å². The van der Waals surface area contributed by atoms with Crippen molar-refractivity contribution in [1.82, 2.24) is 10.2 Å². The molecule has 0 saturated carbocycles. The summed E-state index contributed by atoms with van der Waals surface area (Å²) in [5.41, 5.74) is 0.504. The van der Waals surface area contributed by atoms with Gasteiger partial charge in [0.1, 0.15) is 11.9 Å². The van der Waals surface area contributed by atoms with E-state index in [-0.39, 0.29) is 42.8 Å². The first-order valence-electron chi connectivity index (χ1n) is 7.10. The zero-order valence-corrected chi connectivity index (χ0v) is 15.0. The number of amides is 1. The molecule has 22 heavy (non-hydrogen) atoms. The van der Waals surface area contributed by atoms with Crippen LogP contribution in [0.5, 0.6) is 0 Å². The van der Waals surface area contributed by atoms with Crippen molar-refractivity contribution in [2.45, 2.75) is 32.5 Å². The molecule has 0 aromatic heterocycles. The van der Waals surface area contributed by atoms with Crippen LogP contribution in [-0.4, -0.2) is 42.6 Å². The number of hydrogen-bond acceptors (Lipinski definition) is 3. The molecule has 1 aliphatic heterocycles. The molecule has 124 valence electrons. The van der Waals surface area contributed by atoms with Gasteiger partial charge in [-0.15, -0.1) is 12.4 Å². The highest BCUT2D eigenvalue weighted by atomic mass is 79.9. The number of likely N-dealkylation sites (N-methyl/N-ethyl adjacent to an activating group) is 1. The summed E-state index contributed by atoms with van der Waals surface area (Å²) in [4.78, 5) is 14.2. The molecule has 1 saturated heterocycles. The largest absolute Gasteiger partial charge is 0.375 e. The van der Waals surface area contributed by atoms with Crippen molar-refractivity contribution >= 4 is 34.2 Å². The Morgan fingerprint density at radius 3 is 2.91 bits per heavy atom. The molecule has 2 rings (SSSR count). The Kier molecular flexibility index (Phi) is 7.76. The van der Waals surface area contributed by atoms with Crippen LogP contribution < -0.4 is 5.32 Å². The SMILES string of the molecule is CCN(Cc1cc(Br)ccc1F)C(=O)[C@H]1NCCO[C@@H]1C.Cl. The first kappa shape index (κ1) is 19.4. The van der Waals surface area contributed by atoms with Crippen LogP contribution in [0.15, 0.2) is 22.7 Å². The Hall–Kier alpha value is -0.690. The van der Waals surface area contributed by atoms with Crippen LogP contribution in [0.2, 0.25) is 0 Å². The van der Waals surface area contributed by atoms with Crippen molar-refractivity contribution in [3.8, 4) is 0 Å². The molecule has 2 atom stereocenters. The number of rotatable bonds is 4. The van der Waals surface area contributed by atoms with E-state index in [2.05, 4.69) is 21.2 Å². The number of nitrogens with one attached hydrogen (secondary N) is 1. The fourth-order valence-electron chi connectivity index (χ4n) is 2.42. The predicted molar refractivity (Wildman–Crippen MR) is 89.6 cm³/mol. The lowest BCUT2D eigenvalue weighted by molar-refractivity contribution is -0.139. The van der Waals surface area contributed by atoms with Crippen LogP contribution in [0.3, 0.4) is 0 Å². The van der Waals surface area contributed by atoms with Crippen LogP contribution in [-0.2, 0) is 16.1 Å². The van der Waals surface area contributed by atoms with Gasteiger partial charge < -0.3 is 15.0 Å². The van der Waals surface area contributed by atoms with E-state index in [1.54, 1.807) is 17.0 Å². The maximum Gasteiger partial charge on any atom is 0.242 e. The number of halogens is 3. The van der Waals surface area contributed by atoms with Gasteiger partial charge in [-0.2, -0.15) is 0 Å². The van der Waals surface area contributed by atoms with Crippen molar-refractivity contribution in [2.24, 2.45) is 0 Å². The Morgan fingerprint density at radius 1 is 1.55 bits per heavy atom. The van der Waals surface area contributed by atoms with Crippen LogP contribution in [0, 0.1) is 5.82 Å². The molecule has 0 aliphatic carbocycles. The summed E-state index contributed by atoms with van der Waals surface area (Å²) < 4.78 is 20.2. The van der Waals surface area contributed by atoms with E-state index in [4.69, 9.17) is 4.74 Å². The number of carbonyl (C=O) groups excluding carboxylic acids is 1. The average Bonchev–Trinajstić information content (AvgIpc) is 2.48. The molecule has 1 aromatic rings. The lowest BCUT2D eigenvalue weighted by Crippen LogP contribution is -2.56. The minimum atomic E-state index is -0.367. The molecule has 0 bridgehead atoms. The van der Waals surface area contributed by atoms with Gasteiger partial charge in [-0.05, 0) is 32.0 Å². The number of nitrogens with zero attached hydrogens (tertiary/aromatic N) is 1. The normalized spacial score (nSPS) is 21.1. The van der Waals surface area contributed by atoms with E-state index in [1.165, 1.54) is 6.07 Å². The molecule has 7 heteroatoms. The Balaban J connectivity index is 0.00000242. The molecule has 1 amide bonds. The summed E-state index contributed by atoms with van der Waals surface area (Å²) in [7, 11) is 0. The second-order valence-corrected chi connectivity index (χ2v) is 6.01. The first-order chi connectivity index (χ1) is 10.0. The molecule has 1 fully saturated rings. The molecule has 1 aromatic carbocycles. The van der Waals surface area contributed by atoms with Crippen LogP contribution >= 0.6 is 28.3 Å². The van der Waals surface area contributed by atoms with Gasteiger partial charge in [-0.3, -0.25) is 4.79 Å². The number of benzene rings is 1. The molecule has 1 heterocycles. The van der Waals surface area contributed by atoms with Gasteiger partial charge in [0, 0.05) is 29.7 Å². The average molecular weight is 396 g/mol. The summed E-state index contributed by atoms with van der Waals surface area (Å²) >= 11 is 3.33. The Labute approximate surface area is 144 Å². The van der Waals surface area contributed by atoms with Crippen molar-refractivity contribution in [2.75, 3.05) is 19.7 Å². The standard InChI is InChI=1S/C15H20BrFN2O2.ClH/c1-3-19(9-11-8-12(16)4-5-13(11)17)15(20)14-10(2)21-7-6-18-14;/h4-5,8,10,14,18H,3,6-7,9H2,1-2H3;1H/t10-,14+;/m1./s1. The maximum atomic E-state index is 13.8. The van der Waals surface area contributed by atoms with Gasteiger partial charge in [-0.1, -0.05) is 15.9 Å². The van der Waals surface area contributed by atoms with Gasteiger partial charge >= 0.3 is 0 Å². The lowest BCUT2D eigenvalue weighted by atomic mass is 10.1. The van der Waals surface area contributed by atoms with Crippen molar-refractivity contribution in [3.63, 3.8) is 0 Å². The maximum absolute atomic E-state index is 13.8. The highest BCUT2D eigenvalue weighted by molar-refractivity contribution is 9.10. The third kappa shape index (κ3) is 4.65. The lowest BCUT2D eigenvalue weighted by Gasteiger charge is -2.33. The summed E-state index contributed by atoms with van der Waals surface area (Å²) in [6.45, 7) is 5.81. The van der Waals surface area contributed by atoms with Crippen molar-refractivity contribution in [1.29, 1.82) is 0 Å². The summed E-state index contributed by atoms with van der Waals surface area (Å²) in [5.74, 6) is -0.352. The van der Waals surface area contributed by atoms with Crippen LogP contribution in [0.1, 0.15) is 19.4 Å².